The summed E-state index contributed by atoms with van der Waals surface area (Å²) in [7, 11) is 1.67. The molecule has 2 aromatic carbocycles. The number of ether oxygens (including phenoxy) is 1. The third-order valence-corrected chi connectivity index (χ3v) is 3.25. The molecule has 19 heavy (non-hydrogen) atoms. The Kier molecular flexibility index (Phi) is 4.72. The van der Waals surface area contributed by atoms with Crippen LogP contribution in [0.1, 0.15) is 35.3 Å². The van der Waals surface area contributed by atoms with Gasteiger partial charge in [0.05, 0.1) is 6.61 Å². The van der Waals surface area contributed by atoms with Gasteiger partial charge in [-0.3, -0.25) is 0 Å². The molecule has 0 saturated heterocycles. The van der Waals surface area contributed by atoms with Gasteiger partial charge in [0.25, 0.3) is 0 Å². The normalized spacial score (nSPS) is 12.4. The number of aliphatic hydroxyl groups is 1. The van der Waals surface area contributed by atoms with Crippen molar-refractivity contribution >= 4 is 0 Å². The minimum absolute atomic E-state index is 0.565. The van der Waals surface area contributed by atoms with E-state index in [2.05, 4.69) is 19.1 Å². The molecule has 0 aromatic heterocycles. The van der Waals surface area contributed by atoms with Gasteiger partial charge in [-0.05, 0) is 28.7 Å². The Bertz CT molecular complexity index is 534. The fourth-order valence-electron chi connectivity index (χ4n) is 2.20. The average molecular weight is 256 g/mol. The highest BCUT2D eigenvalue weighted by molar-refractivity contribution is 5.34. The van der Waals surface area contributed by atoms with Gasteiger partial charge in [0.15, 0.2) is 0 Å². The zero-order valence-corrected chi connectivity index (χ0v) is 11.5. The fourth-order valence-corrected chi connectivity index (χ4v) is 2.20. The number of aliphatic hydroxyl groups excluding tert-OH is 1. The Hall–Kier alpha value is -1.64. The van der Waals surface area contributed by atoms with Crippen LogP contribution in [-0.2, 0) is 17.8 Å². The Morgan fingerprint density at radius 3 is 2.16 bits per heavy atom. The summed E-state index contributed by atoms with van der Waals surface area (Å²) in [5.41, 5.74) is 4.16. The van der Waals surface area contributed by atoms with E-state index in [9.17, 15) is 5.11 Å². The van der Waals surface area contributed by atoms with Crippen LogP contribution in [0.5, 0.6) is 0 Å². The second-order valence-electron chi connectivity index (χ2n) is 4.68. The van der Waals surface area contributed by atoms with Crippen LogP contribution >= 0.6 is 0 Å². The first-order valence-corrected chi connectivity index (χ1v) is 6.59. The van der Waals surface area contributed by atoms with Crippen LogP contribution in [0.25, 0.3) is 0 Å². The van der Waals surface area contributed by atoms with Crippen LogP contribution in [0.2, 0.25) is 0 Å². The van der Waals surface area contributed by atoms with Crippen molar-refractivity contribution in [1.29, 1.82) is 0 Å². The maximum atomic E-state index is 10.5. The summed E-state index contributed by atoms with van der Waals surface area (Å²) in [5.74, 6) is 0. The second kappa shape index (κ2) is 6.50. The molecule has 2 aromatic rings. The maximum absolute atomic E-state index is 10.5. The first-order chi connectivity index (χ1) is 9.24. The molecule has 0 fully saturated rings. The first-order valence-electron chi connectivity index (χ1n) is 6.59. The maximum Gasteiger partial charge on any atom is 0.104 e. The third-order valence-electron chi connectivity index (χ3n) is 3.25. The van der Waals surface area contributed by atoms with Gasteiger partial charge in [0, 0.05) is 7.11 Å². The van der Waals surface area contributed by atoms with Crippen LogP contribution in [0.15, 0.2) is 48.5 Å². The lowest BCUT2D eigenvalue weighted by molar-refractivity contribution is 0.184. The minimum atomic E-state index is -0.580. The van der Waals surface area contributed by atoms with Crippen LogP contribution < -0.4 is 0 Å². The van der Waals surface area contributed by atoms with Gasteiger partial charge in [-0.1, -0.05) is 55.5 Å². The summed E-state index contributed by atoms with van der Waals surface area (Å²) in [6, 6.07) is 16.0. The molecule has 1 N–H and O–H groups in total. The van der Waals surface area contributed by atoms with E-state index in [1.54, 1.807) is 7.11 Å². The highest BCUT2D eigenvalue weighted by Gasteiger charge is 2.11. The van der Waals surface area contributed by atoms with E-state index in [1.807, 2.05) is 36.4 Å². The van der Waals surface area contributed by atoms with E-state index in [4.69, 9.17) is 4.74 Å². The monoisotopic (exact) mass is 256 g/mol. The number of rotatable bonds is 5. The van der Waals surface area contributed by atoms with E-state index in [0.717, 1.165) is 23.1 Å². The molecular weight excluding hydrogens is 236 g/mol. The average Bonchev–Trinajstić information content (AvgIpc) is 2.47. The summed E-state index contributed by atoms with van der Waals surface area (Å²) in [6.45, 7) is 2.68. The molecule has 0 aliphatic rings. The van der Waals surface area contributed by atoms with E-state index in [-0.39, 0.29) is 0 Å². The van der Waals surface area contributed by atoms with E-state index in [1.165, 1.54) is 5.56 Å². The lowest BCUT2D eigenvalue weighted by atomic mass is 9.98. The highest BCUT2D eigenvalue weighted by atomic mass is 16.5. The molecule has 2 rings (SSSR count). The Labute approximate surface area is 114 Å². The van der Waals surface area contributed by atoms with Crippen molar-refractivity contribution in [2.75, 3.05) is 7.11 Å². The van der Waals surface area contributed by atoms with E-state index >= 15 is 0 Å². The SMILES string of the molecule is CCc1cccc(C(O)c2cccc(COC)c2)c1. The largest absolute Gasteiger partial charge is 0.384 e. The van der Waals surface area contributed by atoms with E-state index in [0.29, 0.717) is 6.61 Å². The molecule has 0 spiro atoms. The zero-order valence-electron chi connectivity index (χ0n) is 11.5. The molecule has 2 nitrogen and oxygen atoms in total. The van der Waals surface area contributed by atoms with Crippen molar-refractivity contribution in [2.24, 2.45) is 0 Å². The van der Waals surface area contributed by atoms with Gasteiger partial charge in [-0.2, -0.15) is 0 Å². The molecule has 0 radical (unpaired) electrons. The molecule has 0 aliphatic carbocycles. The predicted octanol–water partition coefficient (Wildman–Crippen LogP) is 3.48. The summed E-state index contributed by atoms with van der Waals surface area (Å²) in [4.78, 5) is 0. The van der Waals surface area contributed by atoms with Gasteiger partial charge in [0.2, 0.25) is 0 Å². The van der Waals surface area contributed by atoms with Gasteiger partial charge in [0.1, 0.15) is 6.10 Å². The molecule has 0 heterocycles. The Morgan fingerprint density at radius 1 is 1.00 bits per heavy atom. The summed E-state index contributed by atoms with van der Waals surface area (Å²) >= 11 is 0. The fraction of sp³-hybridized carbons (Fsp3) is 0.294. The first kappa shape index (κ1) is 13.8. The molecule has 1 unspecified atom stereocenters. The van der Waals surface area contributed by atoms with Crippen molar-refractivity contribution in [3.63, 3.8) is 0 Å². The van der Waals surface area contributed by atoms with Crippen LogP contribution in [0.4, 0.5) is 0 Å². The van der Waals surface area contributed by atoms with Gasteiger partial charge >= 0.3 is 0 Å². The van der Waals surface area contributed by atoms with Crippen molar-refractivity contribution in [1.82, 2.24) is 0 Å². The number of aryl methyl sites for hydroxylation is 1. The van der Waals surface area contributed by atoms with Crippen LogP contribution in [0.3, 0.4) is 0 Å². The van der Waals surface area contributed by atoms with Crippen molar-refractivity contribution < 1.29 is 9.84 Å². The standard InChI is InChI=1S/C17H20O2/c1-3-13-6-4-8-15(10-13)17(18)16-9-5-7-14(11-16)12-19-2/h4-11,17-18H,3,12H2,1-2H3. The third kappa shape index (κ3) is 3.43. The molecule has 0 saturated carbocycles. The zero-order chi connectivity index (χ0) is 13.7. The van der Waals surface area contributed by atoms with Crippen LogP contribution in [-0.4, -0.2) is 12.2 Å². The van der Waals surface area contributed by atoms with Gasteiger partial charge in [-0.25, -0.2) is 0 Å². The van der Waals surface area contributed by atoms with Crippen molar-refractivity contribution in [2.45, 2.75) is 26.1 Å². The van der Waals surface area contributed by atoms with Gasteiger partial charge in [-0.15, -0.1) is 0 Å². The van der Waals surface area contributed by atoms with Crippen LogP contribution in [0, 0.1) is 0 Å². The molecule has 0 amide bonds. The van der Waals surface area contributed by atoms with Crippen molar-refractivity contribution in [3.05, 3.63) is 70.8 Å². The molecule has 100 valence electrons. The number of methoxy groups -OCH3 is 1. The Balaban J connectivity index is 2.27. The highest BCUT2D eigenvalue weighted by Crippen LogP contribution is 2.23. The molecular formula is C17H20O2. The minimum Gasteiger partial charge on any atom is -0.384 e. The lowest BCUT2D eigenvalue weighted by Gasteiger charge is -2.13. The summed E-state index contributed by atoms with van der Waals surface area (Å²) in [6.07, 6.45) is 0.396. The number of hydrogen-bond acceptors (Lipinski definition) is 2. The summed E-state index contributed by atoms with van der Waals surface area (Å²) < 4.78 is 5.12. The molecule has 2 heteroatoms. The quantitative estimate of drug-likeness (QED) is 0.887. The van der Waals surface area contributed by atoms with Crippen molar-refractivity contribution in [3.8, 4) is 0 Å². The summed E-state index contributed by atoms with van der Waals surface area (Å²) in [5, 5.41) is 10.5. The Morgan fingerprint density at radius 2 is 1.58 bits per heavy atom. The molecule has 1 atom stereocenters. The number of hydrogen-bond donors (Lipinski definition) is 1. The number of benzene rings is 2. The molecule has 0 aliphatic heterocycles. The smallest absolute Gasteiger partial charge is 0.104 e. The molecule has 0 bridgehead atoms. The predicted molar refractivity (Wildman–Crippen MR) is 77.0 cm³/mol. The topological polar surface area (TPSA) is 29.5 Å². The van der Waals surface area contributed by atoms with Gasteiger partial charge < -0.3 is 9.84 Å². The second-order valence-corrected chi connectivity index (χ2v) is 4.68. The van der Waals surface area contributed by atoms with E-state index < -0.39 is 6.10 Å². The lowest BCUT2D eigenvalue weighted by Crippen LogP contribution is -2.01.